The second kappa shape index (κ2) is 5.97. The number of hydrogen-bond donors (Lipinski definition) is 2. The van der Waals surface area contributed by atoms with Crippen molar-refractivity contribution in [2.75, 3.05) is 16.8 Å². The number of benzene rings is 1. The maximum absolute atomic E-state index is 11.7. The summed E-state index contributed by atoms with van der Waals surface area (Å²) in [6.07, 6.45) is 1.18. The predicted octanol–water partition coefficient (Wildman–Crippen LogP) is 2.59. The fourth-order valence-electron chi connectivity index (χ4n) is 2.06. The van der Waals surface area contributed by atoms with Crippen LogP contribution in [-0.4, -0.2) is 23.2 Å². The van der Waals surface area contributed by atoms with E-state index in [2.05, 4.69) is 5.32 Å². The lowest BCUT2D eigenvalue weighted by molar-refractivity contribution is -0.151. The monoisotopic (exact) mass is 308 g/mol. The molecule has 0 radical (unpaired) electrons. The average Bonchev–Trinajstić information content (AvgIpc) is 2.34. The molecule has 1 aliphatic heterocycles. The summed E-state index contributed by atoms with van der Waals surface area (Å²) in [6.45, 7) is 5.50. The zero-order valence-corrected chi connectivity index (χ0v) is 13.3. The molecule has 1 amide bonds. The SMILES string of the molecule is CC(C)(C)OC(=O)CSc1cc2c(cc1N)CCC(=O)N2. The van der Waals surface area contributed by atoms with Crippen molar-refractivity contribution in [2.24, 2.45) is 0 Å². The summed E-state index contributed by atoms with van der Waals surface area (Å²) < 4.78 is 5.26. The zero-order chi connectivity index (χ0) is 15.6. The number of fused-ring (bicyclic) bond motifs is 1. The van der Waals surface area contributed by atoms with Gasteiger partial charge in [-0.2, -0.15) is 0 Å². The molecule has 3 N–H and O–H groups in total. The molecule has 0 atom stereocenters. The van der Waals surface area contributed by atoms with E-state index in [1.54, 1.807) is 0 Å². The zero-order valence-electron chi connectivity index (χ0n) is 12.5. The molecule has 21 heavy (non-hydrogen) atoms. The molecule has 0 saturated carbocycles. The molecule has 1 heterocycles. The molecule has 1 aliphatic rings. The summed E-state index contributed by atoms with van der Waals surface area (Å²) in [5.41, 5.74) is 7.96. The highest BCUT2D eigenvalue weighted by Crippen LogP contribution is 2.33. The molecular formula is C15H20N2O3S. The van der Waals surface area contributed by atoms with Gasteiger partial charge in [0.25, 0.3) is 0 Å². The Morgan fingerprint density at radius 3 is 2.76 bits per heavy atom. The molecular weight excluding hydrogens is 288 g/mol. The normalized spacial score (nSPS) is 14.3. The van der Waals surface area contributed by atoms with Crippen molar-refractivity contribution < 1.29 is 14.3 Å². The Morgan fingerprint density at radius 1 is 1.38 bits per heavy atom. The minimum Gasteiger partial charge on any atom is -0.459 e. The lowest BCUT2D eigenvalue weighted by Crippen LogP contribution is -2.25. The predicted molar refractivity (Wildman–Crippen MR) is 84.4 cm³/mol. The number of rotatable bonds is 3. The van der Waals surface area contributed by atoms with Crippen LogP contribution in [0.2, 0.25) is 0 Å². The van der Waals surface area contributed by atoms with Crippen molar-refractivity contribution in [3.05, 3.63) is 17.7 Å². The molecule has 0 fully saturated rings. The maximum Gasteiger partial charge on any atom is 0.316 e. The molecule has 0 spiro atoms. The van der Waals surface area contributed by atoms with Crippen LogP contribution in [0.15, 0.2) is 17.0 Å². The first-order valence-corrected chi connectivity index (χ1v) is 7.80. The van der Waals surface area contributed by atoms with E-state index in [0.29, 0.717) is 18.5 Å². The van der Waals surface area contributed by atoms with Gasteiger partial charge in [-0.1, -0.05) is 0 Å². The van der Waals surface area contributed by atoms with Crippen LogP contribution in [0.5, 0.6) is 0 Å². The third kappa shape index (κ3) is 4.39. The van der Waals surface area contributed by atoms with E-state index >= 15 is 0 Å². The standard InChI is InChI=1S/C15H20N2O3S/c1-15(2,3)20-14(19)8-21-12-7-11-9(6-10(12)16)4-5-13(18)17-11/h6-7H,4-5,8,16H2,1-3H3,(H,17,18). The third-order valence-electron chi connectivity index (χ3n) is 2.90. The van der Waals surface area contributed by atoms with Gasteiger partial charge in [-0.15, -0.1) is 11.8 Å². The van der Waals surface area contributed by atoms with E-state index in [1.807, 2.05) is 32.9 Å². The lowest BCUT2D eigenvalue weighted by atomic mass is 10.0. The molecule has 0 saturated heterocycles. The van der Waals surface area contributed by atoms with E-state index in [-0.39, 0.29) is 17.6 Å². The van der Waals surface area contributed by atoms with Gasteiger partial charge >= 0.3 is 5.97 Å². The Morgan fingerprint density at radius 2 is 2.10 bits per heavy atom. The van der Waals surface area contributed by atoms with E-state index in [0.717, 1.165) is 16.1 Å². The van der Waals surface area contributed by atoms with E-state index in [4.69, 9.17) is 10.5 Å². The topological polar surface area (TPSA) is 81.4 Å². The summed E-state index contributed by atoms with van der Waals surface area (Å²) in [5, 5.41) is 2.83. The first-order valence-electron chi connectivity index (χ1n) is 6.81. The Hall–Kier alpha value is -1.69. The van der Waals surface area contributed by atoms with Crippen molar-refractivity contribution in [1.29, 1.82) is 0 Å². The first kappa shape index (κ1) is 15.7. The lowest BCUT2D eigenvalue weighted by Gasteiger charge is -2.20. The molecule has 6 heteroatoms. The smallest absolute Gasteiger partial charge is 0.316 e. The van der Waals surface area contributed by atoms with Gasteiger partial charge < -0.3 is 15.8 Å². The highest BCUT2D eigenvalue weighted by molar-refractivity contribution is 8.00. The number of nitrogens with one attached hydrogen (secondary N) is 1. The third-order valence-corrected chi connectivity index (χ3v) is 3.94. The summed E-state index contributed by atoms with van der Waals surface area (Å²) in [6, 6.07) is 3.70. The van der Waals surface area contributed by atoms with Gasteiger partial charge in [0.05, 0.1) is 5.75 Å². The summed E-state index contributed by atoms with van der Waals surface area (Å²) in [4.78, 5) is 23.9. The molecule has 114 valence electrons. The quantitative estimate of drug-likeness (QED) is 0.509. The van der Waals surface area contributed by atoms with Gasteiger partial charge in [0.15, 0.2) is 0 Å². The molecule has 0 aromatic heterocycles. The van der Waals surface area contributed by atoms with E-state index in [1.165, 1.54) is 11.8 Å². The van der Waals surface area contributed by atoms with Gasteiger partial charge in [-0.3, -0.25) is 9.59 Å². The molecule has 1 aromatic carbocycles. The van der Waals surface area contributed by atoms with Crippen LogP contribution in [-0.2, 0) is 20.7 Å². The number of aryl methyl sites for hydroxylation is 1. The minimum atomic E-state index is -0.493. The highest BCUT2D eigenvalue weighted by Gasteiger charge is 2.19. The Kier molecular flexibility index (Phi) is 4.46. The highest BCUT2D eigenvalue weighted by atomic mass is 32.2. The van der Waals surface area contributed by atoms with Gasteiger partial charge in [0, 0.05) is 22.7 Å². The van der Waals surface area contributed by atoms with Crippen LogP contribution >= 0.6 is 11.8 Å². The second-order valence-electron chi connectivity index (χ2n) is 5.97. The van der Waals surface area contributed by atoms with Crippen molar-refractivity contribution in [3.63, 3.8) is 0 Å². The molecule has 5 nitrogen and oxygen atoms in total. The molecule has 0 aliphatic carbocycles. The second-order valence-corrected chi connectivity index (χ2v) is 6.99. The number of carbonyl (C=O) groups excluding carboxylic acids is 2. The van der Waals surface area contributed by atoms with Crippen LogP contribution in [0.3, 0.4) is 0 Å². The number of thioether (sulfide) groups is 1. The van der Waals surface area contributed by atoms with Crippen LogP contribution < -0.4 is 11.1 Å². The number of nitrogens with two attached hydrogens (primary N) is 1. The fraction of sp³-hybridized carbons (Fsp3) is 0.467. The van der Waals surface area contributed by atoms with Gasteiger partial charge in [0.2, 0.25) is 5.91 Å². The Balaban J connectivity index is 2.05. The van der Waals surface area contributed by atoms with Gasteiger partial charge in [0.1, 0.15) is 5.60 Å². The largest absolute Gasteiger partial charge is 0.459 e. The molecule has 0 bridgehead atoms. The van der Waals surface area contributed by atoms with Crippen LogP contribution in [0.25, 0.3) is 0 Å². The number of carbonyl (C=O) groups is 2. The average molecular weight is 308 g/mol. The number of anilines is 2. The maximum atomic E-state index is 11.7. The van der Waals surface area contributed by atoms with Crippen molar-refractivity contribution in [1.82, 2.24) is 0 Å². The molecule has 2 rings (SSSR count). The minimum absolute atomic E-state index is 0.00960. The Labute approximate surface area is 128 Å². The summed E-state index contributed by atoms with van der Waals surface area (Å²) in [5.74, 6) is -0.0854. The number of nitrogen functional groups attached to an aromatic ring is 1. The van der Waals surface area contributed by atoms with Crippen molar-refractivity contribution in [3.8, 4) is 0 Å². The van der Waals surface area contributed by atoms with E-state index < -0.39 is 5.60 Å². The fourth-order valence-corrected chi connectivity index (χ4v) is 2.82. The number of hydrogen-bond acceptors (Lipinski definition) is 5. The van der Waals surface area contributed by atoms with Crippen molar-refractivity contribution in [2.45, 2.75) is 44.1 Å². The van der Waals surface area contributed by atoms with Crippen molar-refractivity contribution >= 4 is 35.0 Å². The summed E-state index contributed by atoms with van der Waals surface area (Å²) in [7, 11) is 0. The van der Waals surface area contributed by atoms with Crippen LogP contribution in [0, 0.1) is 0 Å². The number of ether oxygens (including phenoxy) is 1. The summed E-state index contributed by atoms with van der Waals surface area (Å²) >= 11 is 1.32. The number of amides is 1. The van der Waals surface area contributed by atoms with Gasteiger partial charge in [-0.05, 0) is 44.9 Å². The Bertz CT molecular complexity index is 579. The van der Waals surface area contributed by atoms with Crippen LogP contribution in [0.4, 0.5) is 11.4 Å². The van der Waals surface area contributed by atoms with Gasteiger partial charge in [-0.25, -0.2) is 0 Å². The number of esters is 1. The van der Waals surface area contributed by atoms with E-state index in [9.17, 15) is 9.59 Å². The first-order chi connectivity index (χ1) is 9.74. The molecule has 0 unspecified atom stereocenters. The van der Waals surface area contributed by atoms with Crippen LogP contribution in [0.1, 0.15) is 32.8 Å². The molecule has 1 aromatic rings.